The van der Waals surface area contributed by atoms with Crippen molar-refractivity contribution >= 4 is 17.6 Å². The van der Waals surface area contributed by atoms with Gasteiger partial charge < -0.3 is 9.47 Å². The summed E-state index contributed by atoms with van der Waals surface area (Å²) in [6.45, 7) is 0.949. The Balaban J connectivity index is 1.88. The van der Waals surface area contributed by atoms with Gasteiger partial charge >= 0.3 is 5.97 Å². The van der Waals surface area contributed by atoms with Gasteiger partial charge in [-0.05, 0) is 23.3 Å². The zero-order valence-corrected chi connectivity index (χ0v) is 14.7. The van der Waals surface area contributed by atoms with E-state index in [-0.39, 0.29) is 18.6 Å². The third-order valence-corrected chi connectivity index (χ3v) is 4.17. The number of esters is 1. The average molecular weight is 352 g/mol. The Kier molecular flexibility index (Phi) is 5.31. The van der Waals surface area contributed by atoms with Crippen molar-refractivity contribution in [3.05, 3.63) is 65.7 Å². The zero-order valence-electron chi connectivity index (χ0n) is 14.7. The van der Waals surface area contributed by atoms with Crippen molar-refractivity contribution in [3.63, 3.8) is 0 Å². The molecule has 1 aliphatic heterocycles. The number of methoxy groups -OCH3 is 1. The van der Waals surface area contributed by atoms with Crippen molar-refractivity contribution in [3.8, 4) is 5.75 Å². The SMILES string of the molecule is COc1ccc(C2CC(c3ccccc3)=NN2C(=O)COC(C)=O)cc1. The minimum Gasteiger partial charge on any atom is -0.497 e. The van der Waals surface area contributed by atoms with Gasteiger partial charge in [0.15, 0.2) is 6.61 Å². The fourth-order valence-electron chi connectivity index (χ4n) is 2.86. The highest BCUT2D eigenvalue weighted by Crippen LogP contribution is 2.33. The summed E-state index contributed by atoms with van der Waals surface area (Å²) in [4.78, 5) is 23.6. The van der Waals surface area contributed by atoms with Crippen LogP contribution in [0.3, 0.4) is 0 Å². The Bertz CT molecular complexity index is 815. The normalized spacial score (nSPS) is 16.2. The number of benzene rings is 2. The van der Waals surface area contributed by atoms with Gasteiger partial charge in [-0.2, -0.15) is 5.10 Å². The first-order valence-corrected chi connectivity index (χ1v) is 8.30. The Labute approximate surface area is 152 Å². The van der Waals surface area contributed by atoms with Gasteiger partial charge in [0.25, 0.3) is 5.91 Å². The van der Waals surface area contributed by atoms with Crippen LogP contribution < -0.4 is 4.74 Å². The number of amides is 1. The maximum absolute atomic E-state index is 12.6. The fraction of sp³-hybridized carbons (Fsp3) is 0.250. The third kappa shape index (κ3) is 3.91. The molecule has 2 aromatic rings. The van der Waals surface area contributed by atoms with Gasteiger partial charge in [0.05, 0.1) is 18.9 Å². The summed E-state index contributed by atoms with van der Waals surface area (Å²) in [7, 11) is 1.61. The van der Waals surface area contributed by atoms with Crippen LogP contribution in [0, 0.1) is 0 Å². The molecule has 1 amide bonds. The van der Waals surface area contributed by atoms with Gasteiger partial charge in [-0.1, -0.05) is 42.5 Å². The van der Waals surface area contributed by atoms with E-state index < -0.39 is 5.97 Å². The lowest BCUT2D eigenvalue weighted by molar-refractivity contribution is -0.151. The lowest BCUT2D eigenvalue weighted by Crippen LogP contribution is -2.31. The largest absolute Gasteiger partial charge is 0.497 e. The molecular formula is C20H20N2O4. The van der Waals surface area contributed by atoms with E-state index in [0.29, 0.717) is 6.42 Å². The molecule has 6 nitrogen and oxygen atoms in total. The molecule has 0 aliphatic carbocycles. The molecule has 0 saturated heterocycles. The number of nitrogens with zero attached hydrogens (tertiary/aromatic N) is 2. The van der Waals surface area contributed by atoms with Crippen molar-refractivity contribution < 1.29 is 19.1 Å². The van der Waals surface area contributed by atoms with Gasteiger partial charge in [-0.3, -0.25) is 9.59 Å². The van der Waals surface area contributed by atoms with Crippen LogP contribution >= 0.6 is 0 Å². The minimum atomic E-state index is -0.495. The molecule has 0 bridgehead atoms. The second-order valence-electron chi connectivity index (χ2n) is 5.92. The van der Waals surface area contributed by atoms with E-state index in [1.807, 2.05) is 54.6 Å². The highest BCUT2D eigenvalue weighted by Gasteiger charge is 2.33. The van der Waals surface area contributed by atoms with Crippen molar-refractivity contribution in [2.45, 2.75) is 19.4 Å². The molecule has 2 aromatic carbocycles. The van der Waals surface area contributed by atoms with Gasteiger partial charge in [-0.15, -0.1) is 0 Å². The van der Waals surface area contributed by atoms with Crippen LogP contribution in [0.15, 0.2) is 59.7 Å². The Morgan fingerprint density at radius 2 is 1.81 bits per heavy atom. The van der Waals surface area contributed by atoms with Crippen LogP contribution in [-0.4, -0.2) is 36.3 Å². The number of rotatable bonds is 5. The van der Waals surface area contributed by atoms with E-state index >= 15 is 0 Å². The second-order valence-corrected chi connectivity index (χ2v) is 5.92. The molecule has 0 fully saturated rings. The molecule has 1 atom stereocenters. The summed E-state index contributed by atoms with van der Waals surface area (Å²) in [6.07, 6.45) is 0.585. The van der Waals surface area contributed by atoms with Gasteiger partial charge in [-0.25, -0.2) is 5.01 Å². The molecule has 134 valence electrons. The van der Waals surface area contributed by atoms with Gasteiger partial charge in [0.2, 0.25) is 0 Å². The molecule has 0 saturated carbocycles. The van der Waals surface area contributed by atoms with Crippen molar-refractivity contribution in [1.82, 2.24) is 5.01 Å². The maximum Gasteiger partial charge on any atom is 0.303 e. The van der Waals surface area contributed by atoms with Gasteiger partial charge in [0, 0.05) is 13.3 Å². The molecule has 1 unspecified atom stereocenters. The summed E-state index contributed by atoms with van der Waals surface area (Å²) in [6, 6.07) is 17.0. The first-order valence-electron chi connectivity index (χ1n) is 8.30. The summed E-state index contributed by atoms with van der Waals surface area (Å²) >= 11 is 0. The molecule has 0 spiro atoms. The van der Waals surface area contributed by atoms with Crippen LogP contribution in [0.25, 0.3) is 0 Å². The molecule has 3 rings (SSSR count). The third-order valence-electron chi connectivity index (χ3n) is 4.17. The highest BCUT2D eigenvalue weighted by atomic mass is 16.5. The first-order chi connectivity index (χ1) is 12.6. The standard InChI is InChI=1S/C20H20N2O4/c1-14(23)26-13-20(24)22-19(16-8-10-17(25-2)11-9-16)12-18(21-22)15-6-4-3-5-7-15/h3-11,19H,12-13H2,1-2H3. The molecule has 0 N–H and O–H groups in total. The fourth-order valence-corrected chi connectivity index (χ4v) is 2.86. The zero-order chi connectivity index (χ0) is 18.5. The Hall–Kier alpha value is -3.15. The molecular weight excluding hydrogens is 332 g/mol. The maximum atomic E-state index is 12.6. The van der Waals surface area contributed by atoms with E-state index in [1.54, 1.807) is 7.11 Å². The molecule has 1 aliphatic rings. The lowest BCUT2D eigenvalue weighted by atomic mass is 9.98. The van der Waals surface area contributed by atoms with E-state index in [4.69, 9.17) is 9.47 Å². The molecule has 1 heterocycles. The summed E-state index contributed by atoms with van der Waals surface area (Å²) in [5.74, 6) is -0.105. The quantitative estimate of drug-likeness (QED) is 0.776. The van der Waals surface area contributed by atoms with Crippen LogP contribution in [0.1, 0.15) is 30.5 Å². The summed E-state index contributed by atoms with van der Waals surface area (Å²) < 4.78 is 10.1. The topological polar surface area (TPSA) is 68.2 Å². The van der Waals surface area contributed by atoms with Crippen LogP contribution in [0.5, 0.6) is 5.75 Å². The predicted octanol–water partition coefficient (Wildman–Crippen LogP) is 2.94. The Morgan fingerprint density at radius 1 is 1.12 bits per heavy atom. The van der Waals surface area contributed by atoms with Gasteiger partial charge in [0.1, 0.15) is 5.75 Å². The number of carbonyl (C=O) groups excluding carboxylic acids is 2. The number of hydrogen-bond acceptors (Lipinski definition) is 5. The monoisotopic (exact) mass is 352 g/mol. The second kappa shape index (κ2) is 7.82. The predicted molar refractivity (Wildman–Crippen MR) is 96.8 cm³/mol. The molecule has 26 heavy (non-hydrogen) atoms. The Morgan fingerprint density at radius 3 is 2.42 bits per heavy atom. The minimum absolute atomic E-state index is 0.251. The van der Waals surface area contributed by atoms with E-state index in [2.05, 4.69) is 5.10 Å². The van der Waals surface area contributed by atoms with E-state index in [1.165, 1.54) is 11.9 Å². The first kappa shape index (κ1) is 17.7. The highest BCUT2D eigenvalue weighted by molar-refractivity contribution is 6.03. The van der Waals surface area contributed by atoms with Crippen molar-refractivity contribution in [1.29, 1.82) is 0 Å². The molecule has 0 radical (unpaired) electrons. The van der Waals surface area contributed by atoms with Crippen LogP contribution in [0.4, 0.5) is 0 Å². The number of hydrazone groups is 1. The summed E-state index contributed by atoms with van der Waals surface area (Å²) in [5, 5.41) is 5.92. The molecule has 0 aromatic heterocycles. The molecule has 6 heteroatoms. The number of carbonyl (C=O) groups is 2. The average Bonchev–Trinajstić information content (AvgIpc) is 3.12. The van der Waals surface area contributed by atoms with Crippen LogP contribution in [-0.2, 0) is 14.3 Å². The number of hydrogen-bond donors (Lipinski definition) is 0. The number of ether oxygens (including phenoxy) is 2. The van der Waals surface area contributed by atoms with E-state index in [0.717, 1.165) is 22.6 Å². The summed E-state index contributed by atoms with van der Waals surface area (Å²) in [5.41, 5.74) is 2.73. The smallest absolute Gasteiger partial charge is 0.303 e. The lowest BCUT2D eigenvalue weighted by Gasteiger charge is -2.22. The van der Waals surface area contributed by atoms with E-state index in [9.17, 15) is 9.59 Å². The van der Waals surface area contributed by atoms with Crippen molar-refractivity contribution in [2.75, 3.05) is 13.7 Å². The van der Waals surface area contributed by atoms with Crippen molar-refractivity contribution in [2.24, 2.45) is 5.10 Å². The van der Waals surface area contributed by atoms with Crippen LogP contribution in [0.2, 0.25) is 0 Å².